The number of anilines is 1. The smallest absolute Gasteiger partial charge is 0.280 e. The highest BCUT2D eigenvalue weighted by atomic mass is 32.2. The molecule has 3 aromatic rings. The zero-order chi connectivity index (χ0) is 23.7. The molecule has 0 unspecified atom stereocenters. The van der Waals surface area contributed by atoms with E-state index in [1.54, 1.807) is 24.3 Å². The number of thiazole rings is 1. The normalized spacial score (nSPS) is 18.9. The van der Waals surface area contributed by atoms with Gasteiger partial charge < -0.3 is 14.7 Å². The molecular formula is C22H22N4O6S2. The van der Waals surface area contributed by atoms with Gasteiger partial charge in [0.1, 0.15) is 10.3 Å². The average Bonchev–Trinajstić information content (AvgIpc) is 3.44. The van der Waals surface area contributed by atoms with Gasteiger partial charge in [0.05, 0.1) is 35.7 Å². The number of carbonyl (C=O) groups excluding carboxylic acids is 1. The van der Waals surface area contributed by atoms with Gasteiger partial charge in [-0.05, 0) is 37.1 Å². The van der Waals surface area contributed by atoms with Gasteiger partial charge in [-0.3, -0.25) is 10.1 Å². The topological polar surface area (TPSA) is 140 Å². The van der Waals surface area contributed by atoms with E-state index in [2.05, 4.69) is 20.4 Å². The van der Waals surface area contributed by atoms with Gasteiger partial charge in [-0.25, -0.2) is 18.4 Å². The number of pyridine rings is 1. The van der Waals surface area contributed by atoms with Gasteiger partial charge in [0.25, 0.3) is 5.91 Å². The molecule has 0 spiro atoms. The molecule has 1 saturated carbocycles. The maximum Gasteiger partial charge on any atom is 0.280 e. The molecule has 1 atom stereocenters. The highest BCUT2D eigenvalue weighted by Crippen LogP contribution is 2.33. The highest BCUT2D eigenvalue weighted by Gasteiger charge is 2.36. The summed E-state index contributed by atoms with van der Waals surface area (Å²) in [4.78, 5) is 28.1. The number of hydrogen-bond donors (Lipinski definition) is 2. The predicted molar refractivity (Wildman–Crippen MR) is 125 cm³/mol. The number of ether oxygens (including phenoxy) is 1. The van der Waals surface area contributed by atoms with E-state index in [1.807, 2.05) is 0 Å². The lowest BCUT2D eigenvalue weighted by atomic mass is 10.1. The quantitative estimate of drug-likeness (QED) is 0.353. The first-order chi connectivity index (χ1) is 16.4. The predicted octanol–water partition coefficient (Wildman–Crippen LogP) is 2.27. The largest absolute Gasteiger partial charge is 0.390 e. The second-order valence-electron chi connectivity index (χ2n) is 8.06. The number of fused-ring (bicyclic) bond motifs is 1. The first-order valence-electron chi connectivity index (χ1n) is 10.8. The SMILES string of the molecule is O=C(Nc1nc2ccc(CO)nc2s1)C(=NO[C@@H]1CCOC1)c1ccc(S(=O)(=O)C2CC2)cc1. The van der Waals surface area contributed by atoms with Gasteiger partial charge in [0, 0.05) is 12.0 Å². The minimum absolute atomic E-state index is 0.00877. The van der Waals surface area contributed by atoms with Gasteiger partial charge in [-0.2, -0.15) is 0 Å². The summed E-state index contributed by atoms with van der Waals surface area (Å²) in [5.41, 5.74) is 1.49. The van der Waals surface area contributed by atoms with Crippen LogP contribution in [0.1, 0.15) is 30.5 Å². The summed E-state index contributed by atoms with van der Waals surface area (Å²) in [7, 11) is -3.34. The van der Waals surface area contributed by atoms with Crippen LogP contribution in [0.2, 0.25) is 0 Å². The number of sulfone groups is 1. The molecule has 10 nitrogen and oxygen atoms in total. The van der Waals surface area contributed by atoms with Crippen LogP contribution >= 0.6 is 11.3 Å². The van der Waals surface area contributed by atoms with Crippen molar-refractivity contribution in [3.8, 4) is 0 Å². The number of aliphatic hydroxyl groups excluding tert-OH is 1. The van der Waals surface area contributed by atoms with E-state index in [9.17, 15) is 18.3 Å². The van der Waals surface area contributed by atoms with Crippen LogP contribution < -0.4 is 5.32 Å². The zero-order valence-corrected chi connectivity index (χ0v) is 19.6. The summed E-state index contributed by atoms with van der Waals surface area (Å²) in [5.74, 6) is -0.557. The van der Waals surface area contributed by atoms with Crippen molar-refractivity contribution in [2.24, 2.45) is 5.16 Å². The number of aromatic nitrogens is 2. The Morgan fingerprint density at radius 1 is 1.18 bits per heavy atom. The summed E-state index contributed by atoms with van der Waals surface area (Å²) in [6.07, 6.45) is 1.75. The fraction of sp³-hybridized carbons (Fsp3) is 0.364. The van der Waals surface area contributed by atoms with E-state index < -0.39 is 15.7 Å². The Kier molecular flexibility index (Phi) is 6.30. The lowest BCUT2D eigenvalue weighted by Gasteiger charge is -2.10. The van der Waals surface area contributed by atoms with Crippen molar-refractivity contribution in [3.05, 3.63) is 47.7 Å². The Balaban J connectivity index is 1.41. The number of benzene rings is 1. The molecule has 2 fully saturated rings. The molecule has 1 saturated heterocycles. The fourth-order valence-electron chi connectivity index (χ4n) is 3.48. The number of nitrogens with zero attached hydrogens (tertiary/aromatic N) is 3. The van der Waals surface area contributed by atoms with E-state index in [-0.39, 0.29) is 28.6 Å². The molecule has 5 rings (SSSR count). The molecule has 1 aliphatic heterocycles. The molecule has 1 amide bonds. The Bertz CT molecular complexity index is 1340. The van der Waals surface area contributed by atoms with Crippen molar-refractivity contribution < 1.29 is 27.9 Å². The van der Waals surface area contributed by atoms with Gasteiger partial charge in [-0.15, -0.1) is 0 Å². The van der Waals surface area contributed by atoms with Crippen molar-refractivity contribution in [2.45, 2.75) is 42.1 Å². The van der Waals surface area contributed by atoms with Crippen molar-refractivity contribution in [1.29, 1.82) is 0 Å². The molecule has 2 aliphatic rings. The minimum atomic E-state index is -3.34. The van der Waals surface area contributed by atoms with Crippen molar-refractivity contribution in [1.82, 2.24) is 9.97 Å². The number of aliphatic hydroxyl groups is 1. The molecule has 178 valence electrons. The number of nitrogens with one attached hydrogen (secondary N) is 1. The molecular weight excluding hydrogens is 480 g/mol. The third kappa shape index (κ3) is 4.80. The molecule has 1 aliphatic carbocycles. The zero-order valence-electron chi connectivity index (χ0n) is 18.0. The summed E-state index contributed by atoms with van der Waals surface area (Å²) >= 11 is 1.17. The van der Waals surface area contributed by atoms with Gasteiger partial charge in [0.15, 0.2) is 26.8 Å². The molecule has 0 radical (unpaired) electrons. The summed E-state index contributed by atoms with van der Waals surface area (Å²) in [5, 5.41) is 16.1. The first-order valence-corrected chi connectivity index (χ1v) is 13.1. The van der Waals surface area contributed by atoms with Crippen LogP contribution in [0.3, 0.4) is 0 Å². The molecule has 1 aromatic carbocycles. The van der Waals surface area contributed by atoms with Crippen LogP contribution in [0.25, 0.3) is 10.3 Å². The van der Waals surface area contributed by atoms with Crippen molar-refractivity contribution in [3.63, 3.8) is 0 Å². The fourth-order valence-corrected chi connectivity index (χ4v) is 5.98. The molecule has 2 N–H and O–H groups in total. The van der Waals surface area contributed by atoms with Gasteiger partial charge >= 0.3 is 0 Å². The van der Waals surface area contributed by atoms with E-state index in [0.717, 1.165) is 0 Å². The van der Waals surface area contributed by atoms with Crippen molar-refractivity contribution in [2.75, 3.05) is 18.5 Å². The third-order valence-corrected chi connectivity index (χ3v) is 8.67. The second kappa shape index (κ2) is 9.37. The van der Waals surface area contributed by atoms with E-state index in [0.29, 0.717) is 59.2 Å². The standard InChI is InChI=1S/C22H22N4O6S2/c27-11-14-3-8-18-21(23-14)33-22(24-18)25-20(28)19(26-32-15-9-10-31-12-15)13-1-4-16(5-2-13)34(29,30)17-6-7-17/h1-5,8,15,17,27H,6-7,9-12H2,(H,24,25,28)/t15-/m1/s1. The van der Waals surface area contributed by atoms with Crippen LogP contribution in [-0.4, -0.2) is 59.7 Å². The monoisotopic (exact) mass is 502 g/mol. The van der Waals surface area contributed by atoms with Gasteiger partial charge in [-0.1, -0.05) is 28.6 Å². The number of rotatable bonds is 8. The molecule has 34 heavy (non-hydrogen) atoms. The van der Waals surface area contributed by atoms with Crippen LogP contribution in [0.5, 0.6) is 0 Å². The number of oxime groups is 1. The summed E-state index contributed by atoms with van der Waals surface area (Å²) in [6.45, 7) is 0.749. The number of hydrogen-bond acceptors (Lipinski definition) is 10. The average molecular weight is 503 g/mol. The Labute approximate surface area is 199 Å². The Morgan fingerprint density at radius 2 is 1.97 bits per heavy atom. The molecule has 3 heterocycles. The lowest BCUT2D eigenvalue weighted by Crippen LogP contribution is -2.25. The Hall–Kier alpha value is -2.93. The van der Waals surface area contributed by atoms with Crippen LogP contribution in [-0.2, 0) is 30.8 Å². The Morgan fingerprint density at radius 3 is 2.65 bits per heavy atom. The second-order valence-corrected chi connectivity index (χ2v) is 11.3. The van der Waals surface area contributed by atoms with Crippen molar-refractivity contribution >= 4 is 48.3 Å². The third-order valence-electron chi connectivity index (χ3n) is 5.51. The van der Waals surface area contributed by atoms with E-state index in [4.69, 9.17) is 9.57 Å². The molecule has 0 bridgehead atoms. The number of carbonyl (C=O) groups is 1. The summed E-state index contributed by atoms with van der Waals surface area (Å²) in [6, 6.07) is 9.46. The minimum Gasteiger partial charge on any atom is -0.390 e. The van der Waals surface area contributed by atoms with Crippen LogP contribution in [0.15, 0.2) is 46.4 Å². The molecule has 2 aromatic heterocycles. The van der Waals surface area contributed by atoms with E-state index >= 15 is 0 Å². The van der Waals surface area contributed by atoms with Crippen LogP contribution in [0, 0.1) is 0 Å². The molecule has 12 heteroatoms. The maximum atomic E-state index is 13.2. The van der Waals surface area contributed by atoms with Crippen LogP contribution in [0.4, 0.5) is 5.13 Å². The van der Waals surface area contributed by atoms with E-state index in [1.165, 1.54) is 23.5 Å². The lowest BCUT2D eigenvalue weighted by molar-refractivity contribution is -0.110. The number of amides is 1. The highest BCUT2D eigenvalue weighted by molar-refractivity contribution is 7.92. The first kappa shape index (κ1) is 22.8. The maximum absolute atomic E-state index is 13.2. The van der Waals surface area contributed by atoms with Gasteiger partial charge in [0.2, 0.25) is 0 Å². The summed E-state index contributed by atoms with van der Waals surface area (Å²) < 4.78 is 30.3.